The predicted molar refractivity (Wildman–Crippen MR) is 118 cm³/mol. The molecule has 2 fully saturated rings. The van der Waals surface area contributed by atoms with Gasteiger partial charge >= 0.3 is 6.09 Å². The maximum atomic E-state index is 14.7. The van der Waals surface area contributed by atoms with Crippen molar-refractivity contribution >= 4 is 39.3 Å². The number of carbonyl (C=O) groups excluding carboxylic acids is 1. The van der Waals surface area contributed by atoms with Gasteiger partial charge in [0.15, 0.2) is 0 Å². The van der Waals surface area contributed by atoms with Gasteiger partial charge in [-0.25, -0.2) is 9.18 Å². The van der Waals surface area contributed by atoms with Crippen LogP contribution in [0, 0.1) is 12.7 Å². The number of halogens is 1. The van der Waals surface area contributed by atoms with Gasteiger partial charge < -0.3 is 9.64 Å². The van der Waals surface area contributed by atoms with Gasteiger partial charge in [-0.3, -0.25) is 9.08 Å². The Morgan fingerprint density at radius 2 is 1.87 bits per heavy atom. The molecule has 0 saturated carbocycles. The van der Waals surface area contributed by atoms with E-state index in [1.54, 1.807) is 24.3 Å². The fourth-order valence-electron chi connectivity index (χ4n) is 3.48. The molecular formula is C21H23FN2O5S2. The molecule has 7 nitrogen and oxygen atoms in total. The molecule has 2 heterocycles. The molecule has 10 heteroatoms. The number of cyclic esters (lactones) is 1. The summed E-state index contributed by atoms with van der Waals surface area (Å²) in [6.45, 7) is 3.17. The van der Waals surface area contributed by atoms with Crippen molar-refractivity contribution in [1.29, 1.82) is 0 Å². The minimum Gasteiger partial charge on any atom is -0.441 e. The molecule has 2 aromatic carbocycles. The average Bonchev–Trinajstić information content (AvgIpc) is 3.14. The molecule has 31 heavy (non-hydrogen) atoms. The minimum absolute atomic E-state index is 0.0352. The summed E-state index contributed by atoms with van der Waals surface area (Å²) >= 11 is 1.84. The molecule has 2 saturated heterocycles. The smallest absolute Gasteiger partial charge is 0.414 e. The maximum Gasteiger partial charge on any atom is 0.414 e. The predicted octanol–water partition coefficient (Wildman–Crippen LogP) is 3.42. The summed E-state index contributed by atoms with van der Waals surface area (Å²) in [7, 11) is -3.97. The number of aryl methyl sites for hydroxylation is 1. The minimum atomic E-state index is -3.97. The van der Waals surface area contributed by atoms with Gasteiger partial charge in [-0.15, -0.1) is 0 Å². The Balaban J connectivity index is 1.40. The normalized spacial score (nSPS) is 19.5. The van der Waals surface area contributed by atoms with Crippen LogP contribution in [0.5, 0.6) is 0 Å². The Hall–Kier alpha value is -2.30. The van der Waals surface area contributed by atoms with Crippen molar-refractivity contribution in [3.05, 3.63) is 53.8 Å². The number of hydrogen-bond donors (Lipinski definition) is 0. The molecule has 0 aromatic heterocycles. The van der Waals surface area contributed by atoms with Crippen LogP contribution in [0.4, 0.5) is 20.6 Å². The summed E-state index contributed by atoms with van der Waals surface area (Å²) < 4.78 is 49.7. The molecule has 1 atom stereocenters. The van der Waals surface area contributed by atoms with Gasteiger partial charge in [0.05, 0.1) is 22.8 Å². The first-order chi connectivity index (χ1) is 14.8. The lowest BCUT2D eigenvalue weighted by molar-refractivity contribution is 0.107. The monoisotopic (exact) mass is 466 g/mol. The fraction of sp³-hybridized carbons (Fsp3) is 0.381. The Labute approximate surface area is 185 Å². The number of nitrogens with zero attached hydrogens (tertiary/aromatic N) is 2. The van der Waals surface area contributed by atoms with Gasteiger partial charge in [-0.05, 0) is 37.3 Å². The van der Waals surface area contributed by atoms with E-state index in [4.69, 9.17) is 8.92 Å². The third-order valence-electron chi connectivity index (χ3n) is 5.19. The fourth-order valence-corrected chi connectivity index (χ4v) is 5.32. The van der Waals surface area contributed by atoms with Gasteiger partial charge in [0, 0.05) is 24.6 Å². The molecule has 0 N–H and O–H groups in total. The molecule has 166 valence electrons. The highest BCUT2D eigenvalue weighted by Crippen LogP contribution is 2.29. The third kappa shape index (κ3) is 4.97. The van der Waals surface area contributed by atoms with E-state index in [1.807, 2.05) is 23.6 Å². The lowest BCUT2D eigenvalue weighted by Gasteiger charge is -2.29. The highest BCUT2D eigenvalue weighted by Gasteiger charge is 2.34. The van der Waals surface area contributed by atoms with Crippen LogP contribution in [0.1, 0.15) is 5.56 Å². The van der Waals surface area contributed by atoms with Crippen LogP contribution in [0.3, 0.4) is 0 Å². The molecular weight excluding hydrogens is 443 g/mol. The number of ether oxygens (including phenoxy) is 1. The average molecular weight is 467 g/mol. The van der Waals surface area contributed by atoms with Crippen molar-refractivity contribution in [2.45, 2.75) is 17.9 Å². The Kier molecular flexibility index (Phi) is 6.40. The van der Waals surface area contributed by atoms with Crippen molar-refractivity contribution in [3.63, 3.8) is 0 Å². The van der Waals surface area contributed by atoms with Crippen molar-refractivity contribution in [2.75, 3.05) is 47.5 Å². The number of benzene rings is 2. The topological polar surface area (TPSA) is 76.2 Å². The molecule has 0 bridgehead atoms. The number of anilines is 2. The van der Waals surface area contributed by atoms with Crippen LogP contribution in [-0.4, -0.2) is 58.4 Å². The van der Waals surface area contributed by atoms with E-state index in [2.05, 4.69) is 0 Å². The number of rotatable bonds is 6. The second-order valence-electron chi connectivity index (χ2n) is 7.40. The van der Waals surface area contributed by atoms with Crippen LogP contribution in [0.15, 0.2) is 47.4 Å². The van der Waals surface area contributed by atoms with Crippen LogP contribution >= 0.6 is 11.8 Å². The highest BCUT2D eigenvalue weighted by atomic mass is 32.2. The number of thioether (sulfide) groups is 1. The Morgan fingerprint density at radius 1 is 1.16 bits per heavy atom. The maximum absolute atomic E-state index is 14.7. The first kappa shape index (κ1) is 21.9. The van der Waals surface area contributed by atoms with Gasteiger partial charge in [0.25, 0.3) is 10.1 Å². The summed E-state index contributed by atoms with van der Waals surface area (Å²) in [4.78, 5) is 15.6. The molecule has 0 radical (unpaired) electrons. The summed E-state index contributed by atoms with van der Waals surface area (Å²) in [5, 5.41) is 0. The van der Waals surface area contributed by atoms with Crippen molar-refractivity contribution in [2.24, 2.45) is 0 Å². The summed E-state index contributed by atoms with van der Waals surface area (Å²) in [6, 6.07) is 10.9. The second-order valence-corrected chi connectivity index (χ2v) is 10.2. The van der Waals surface area contributed by atoms with Crippen LogP contribution in [0.25, 0.3) is 0 Å². The van der Waals surface area contributed by atoms with Crippen LogP contribution < -0.4 is 9.80 Å². The summed E-state index contributed by atoms with van der Waals surface area (Å²) in [6.07, 6.45) is -1.45. The number of hydrogen-bond acceptors (Lipinski definition) is 7. The van der Waals surface area contributed by atoms with Crippen molar-refractivity contribution < 1.29 is 26.5 Å². The van der Waals surface area contributed by atoms with Crippen LogP contribution in [0.2, 0.25) is 0 Å². The molecule has 2 aliphatic rings. The molecule has 4 rings (SSSR count). The van der Waals surface area contributed by atoms with Gasteiger partial charge in [-0.2, -0.15) is 20.2 Å². The highest BCUT2D eigenvalue weighted by molar-refractivity contribution is 7.99. The zero-order valence-corrected chi connectivity index (χ0v) is 18.6. The Morgan fingerprint density at radius 3 is 2.55 bits per heavy atom. The van der Waals surface area contributed by atoms with E-state index in [0.717, 1.165) is 30.2 Å². The van der Waals surface area contributed by atoms with E-state index in [-0.39, 0.29) is 18.0 Å². The Bertz CT molecular complexity index is 1060. The van der Waals surface area contributed by atoms with E-state index in [9.17, 15) is 17.6 Å². The van der Waals surface area contributed by atoms with Crippen molar-refractivity contribution in [1.82, 2.24) is 0 Å². The molecule has 2 aliphatic heterocycles. The van der Waals surface area contributed by atoms with Gasteiger partial charge in [-0.1, -0.05) is 17.7 Å². The first-order valence-electron chi connectivity index (χ1n) is 9.90. The van der Waals surface area contributed by atoms with Crippen LogP contribution in [-0.2, 0) is 19.0 Å². The second kappa shape index (κ2) is 9.05. The largest absolute Gasteiger partial charge is 0.441 e. The number of carbonyl (C=O) groups is 1. The zero-order chi connectivity index (χ0) is 22.0. The summed E-state index contributed by atoms with van der Waals surface area (Å²) in [5.41, 5.74) is 1.80. The lowest BCUT2D eigenvalue weighted by Crippen LogP contribution is -2.33. The number of amides is 1. The zero-order valence-electron chi connectivity index (χ0n) is 17.0. The van der Waals surface area contributed by atoms with Gasteiger partial charge in [0.1, 0.15) is 18.5 Å². The van der Waals surface area contributed by atoms with E-state index >= 15 is 0 Å². The molecule has 0 spiro atoms. The first-order valence-corrected chi connectivity index (χ1v) is 12.5. The van der Waals surface area contributed by atoms with Crippen molar-refractivity contribution in [3.8, 4) is 0 Å². The lowest BCUT2D eigenvalue weighted by atomic mass is 10.2. The SMILES string of the molecule is Cc1ccc(S(=O)(=O)OC[C@@H]2CN(c3ccc(N4CCSCC4)c(F)c3)C(=O)O2)cc1. The molecule has 2 aromatic rings. The summed E-state index contributed by atoms with van der Waals surface area (Å²) in [5.74, 6) is 1.50. The third-order valence-corrected chi connectivity index (χ3v) is 7.43. The molecule has 0 aliphatic carbocycles. The van der Waals surface area contributed by atoms with E-state index in [0.29, 0.717) is 11.4 Å². The van der Waals surface area contributed by atoms with Gasteiger partial charge in [0.2, 0.25) is 0 Å². The van der Waals surface area contributed by atoms with E-state index in [1.165, 1.54) is 23.1 Å². The quantitative estimate of drug-likeness (QED) is 0.604. The molecule has 0 unspecified atom stereocenters. The standard InChI is InChI=1S/C21H23FN2O5S2/c1-15-2-5-18(6-3-15)31(26,27)28-14-17-13-24(21(25)29-17)16-4-7-20(19(22)12-16)23-8-10-30-11-9-23/h2-7,12,17H,8-11,13-14H2,1H3/t17-/m0/s1. The molecule has 1 amide bonds. The van der Waals surface area contributed by atoms with E-state index < -0.39 is 28.1 Å².